The molecule has 2 unspecified atom stereocenters. The van der Waals surface area contributed by atoms with Crippen LogP contribution in [0.2, 0.25) is 0 Å². The van der Waals surface area contributed by atoms with Crippen LogP contribution in [0.4, 0.5) is 0 Å². The monoisotopic (exact) mass is 609 g/mol. The number of imidazole rings is 1. The lowest BCUT2D eigenvalue weighted by Gasteiger charge is -2.31. The van der Waals surface area contributed by atoms with Crippen molar-refractivity contribution < 1.29 is 29.4 Å². The molecular weight excluding hydrogens is 574 g/mol. The summed E-state index contributed by atoms with van der Waals surface area (Å²) in [4.78, 5) is 63.2. The molecule has 0 aliphatic rings. The smallest absolute Gasteiger partial charge is 0.335 e. The van der Waals surface area contributed by atoms with E-state index in [-0.39, 0.29) is 6.42 Å². The van der Waals surface area contributed by atoms with Gasteiger partial charge < -0.3 is 31.2 Å². The van der Waals surface area contributed by atoms with Crippen molar-refractivity contribution in [3.63, 3.8) is 0 Å². The first-order chi connectivity index (χ1) is 21.3. The third kappa shape index (κ3) is 5.87. The number of rotatable bonds is 11. The van der Waals surface area contributed by atoms with Gasteiger partial charge in [0, 0.05) is 35.3 Å². The first-order valence-corrected chi connectivity index (χ1v) is 14.4. The van der Waals surface area contributed by atoms with E-state index in [2.05, 4.69) is 20.3 Å². The summed E-state index contributed by atoms with van der Waals surface area (Å²) < 4.78 is 0. The maximum absolute atomic E-state index is 13.8. The van der Waals surface area contributed by atoms with Gasteiger partial charge in [0.1, 0.15) is 11.9 Å². The molecule has 0 saturated heterocycles. The van der Waals surface area contributed by atoms with Gasteiger partial charge in [-0.3, -0.25) is 14.4 Å². The first kappa shape index (κ1) is 31.3. The first-order valence-electron chi connectivity index (χ1n) is 14.4. The molecule has 0 fully saturated rings. The van der Waals surface area contributed by atoms with Crippen LogP contribution >= 0.6 is 0 Å². The van der Waals surface area contributed by atoms with Gasteiger partial charge in [0.2, 0.25) is 5.91 Å². The fourth-order valence-electron chi connectivity index (χ4n) is 5.76. The molecular formula is C34H35N5O6. The highest BCUT2D eigenvalue weighted by Gasteiger charge is 2.43. The van der Waals surface area contributed by atoms with Crippen molar-refractivity contribution in [1.29, 1.82) is 0 Å². The molecule has 0 aliphatic heterocycles. The number of nitrogens with one attached hydrogen (secondary N) is 3. The molecule has 11 heteroatoms. The minimum Gasteiger partial charge on any atom is -0.479 e. The highest BCUT2D eigenvalue weighted by Crippen LogP contribution is 2.32. The number of ketones is 2. The molecule has 1 amide bonds. The molecule has 0 bridgehead atoms. The van der Waals surface area contributed by atoms with Crippen LogP contribution in [-0.2, 0) is 20.8 Å². The van der Waals surface area contributed by atoms with E-state index in [0.717, 1.165) is 27.2 Å². The number of benzene rings is 3. The van der Waals surface area contributed by atoms with Crippen LogP contribution in [0.5, 0.6) is 0 Å². The number of hydrogen-bond donors (Lipinski definition) is 6. The molecule has 0 spiro atoms. The van der Waals surface area contributed by atoms with Gasteiger partial charge in [0.25, 0.3) is 0 Å². The summed E-state index contributed by atoms with van der Waals surface area (Å²) in [6, 6.07) is 13.3. The lowest BCUT2D eigenvalue weighted by atomic mass is 9.78. The second-order valence-corrected chi connectivity index (χ2v) is 11.9. The van der Waals surface area contributed by atoms with Crippen LogP contribution in [0.3, 0.4) is 0 Å². The molecule has 3 atom stereocenters. The van der Waals surface area contributed by atoms with Crippen LogP contribution in [0.25, 0.3) is 33.1 Å². The Morgan fingerprint density at radius 3 is 2.44 bits per heavy atom. The molecule has 2 heterocycles. The number of aromatic nitrogens is 3. The summed E-state index contributed by atoms with van der Waals surface area (Å²) in [6.07, 6.45) is 0.696. The third-order valence-electron chi connectivity index (χ3n) is 8.45. The average molecular weight is 610 g/mol. The van der Waals surface area contributed by atoms with E-state index >= 15 is 0 Å². The van der Waals surface area contributed by atoms with Gasteiger partial charge >= 0.3 is 5.97 Å². The van der Waals surface area contributed by atoms with Crippen molar-refractivity contribution in [2.45, 2.75) is 52.3 Å². The number of carbonyl (C=O) groups excluding carboxylic acids is 3. The Morgan fingerprint density at radius 1 is 1.04 bits per heavy atom. The summed E-state index contributed by atoms with van der Waals surface area (Å²) in [5.41, 5.74) is 8.87. The summed E-state index contributed by atoms with van der Waals surface area (Å²) in [7, 11) is 0. The number of nitrogens with zero attached hydrogens (tertiary/aromatic N) is 1. The minimum absolute atomic E-state index is 0.300. The molecule has 0 aliphatic carbocycles. The van der Waals surface area contributed by atoms with Crippen molar-refractivity contribution in [2.24, 2.45) is 11.1 Å². The fourth-order valence-corrected chi connectivity index (χ4v) is 5.76. The van der Waals surface area contributed by atoms with Gasteiger partial charge in [-0.1, -0.05) is 50.2 Å². The average Bonchev–Trinajstić information content (AvgIpc) is 3.67. The molecule has 0 saturated carbocycles. The van der Waals surface area contributed by atoms with Crippen molar-refractivity contribution in [3.8, 4) is 11.4 Å². The van der Waals surface area contributed by atoms with Gasteiger partial charge in [-0.15, -0.1) is 0 Å². The third-order valence-corrected chi connectivity index (χ3v) is 8.45. The Bertz CT molecular complexity index is 1940. The van der Waals surface area contributed by atoms with Crippen LogP contribution in [0.15, 0.2) is 67.0 Å². The van der Waals surface area contributed by atoms with Crippen LogP contribution in [0.1, 0.15) is 41.0 Å². The largest absolute Gasteiger partial charge is 0.479 e. The number of hydrogen-bond acceptors (Lipinski definition) is 7. The number of H-pyrrole nitrogens is 2. The number of fused-ring (bicyclic) bond motifs is 2. The lowest BCUT2D eigenvalue weighted by Crippen LogP contribution is -2.59. The van der Waals surface area contributed by atoms with E-state index < -0.39 is 47.0 Å². The van der Waals surface area contributed by atoms with Crippen LogP contribution < -0.4 is 11.1 Å². The normalized spacial score (nSPS) is 13.8. The second-order valence-electron chi connectivity index (χ2n) is 11.9. The number of carbonyl (C=O) groups is 4. The van der Waals surface area contributed by atoms with Gasteiger partial charge in [-0.05, 0) is 59.5 Å². The van der Waals surface area contributed by atoms with Crippen LogP contribution in [-0.4, -0.2) is 66.8 Å². The Kier molecular flexibility index (Phi) is 8.42. The number of aliphatic hydroxyl groups excluding tert-OH is 1. The number of aryl methyl sites for hydroxylation is 2. The second kappa shape index (κ2) is 12.1. The zero-order valence-electron chi connectivity index (χ0n) is 25.3. The number of amides is 1. The molecule has 5 aromatic rings. The van der Waals surface area contributed by atoms with Crippen molar-refractivity contribution in [1.82, 2.24) is 20.3 Å². The highest BCUT2D eigenvalue weighted by atomic mass is 16.4. The molecule has 232 valence electrons. The molecule has 7 N–H and O–H groups in total. The Hall–Kier alpha value is -5.13. The van der Waals surface area contributed by atoms with Gasteiger partial charge in [0.15, 0.2) is 17.7 Å². The fraction of sp³-hybridized carbons (Fsp3) is 0.265. The van der Waals surface area contributed by atoms with E-state index in [1.807, 2.05) is 62.4 Å². The predicted molar refractivity (Wildman–Crippen MR) is 170 cm³/mol. The Balaban J connectivity index is 1.42. The summed E-state index contributed by atoms with van der Waals surface area (Å²) >= 11 is 0. The maximum atomic E-state index is 13.8. The van der Waals surface area contributed by atoms with Crippen molar-refractivity contribution in [3.05, 3.63) is 89.4 Å². The molecule has 2 aromatic heterocycles. The predicted octanol–water partition coefficient (Wildman–Crippen LogP) is 3.61. The number of aromatic amines is 2. The summed E-state index contributed by atoms with van der Waals surface area (Å²) in [5.74, 6) is -3.26. The topological polar surface area (TPSA) is 191 Å². The van der Waals surface area contributed by atoms with E-state index in [9.17, 15) is 29.4 Å². The Morgan fingerprint density at radius 2 is 1.78 bits per heavy atom. The molecule has 3 aromatic carbocycles. The number of Topliss-reactive ketones (excluding diaryl/α,β-unsaturated/α-hetero) is 2. The maximum Gasteiger partial charge on any atom is 0.335 e. The Labute approximate surface area is 258 Å². The molecule has 45 heavy (non-hydrogen) atoms. The van der Waals surface area contributed by atoms with Gasteiger partial charge in [-0.25, -0.2) is 9.78 Å². The standard InChI is InChI=1S/C34H35N5O6/c1-17-8-7-11-23-25(17)18(2)26(38-23)30(42)34(3,4)29(35)32(43)39-27(28(41)33(44)45)24(40)16-20-15-21(31-36-12-13-37-31)14-19-9-5-6-10-22(19)20/h5-15,27-29,38,41H,16,35H2,1-4H3,(H,36,37)(H,39,43)(H,44,45)/t27?,28?,29-/m1/s1. The lowest BCUT2D eigenvalue weighted by molar-refractivity contribution is -0.151. The van der Waals surface area contributed by atoms with E-state index in [1.54, 1.807) is 18.5 Å². The van der Waals surface area contributed by atoms with E-state index in [0.29, 0.717) is 28.2 Å². The zero-order valence-corrected chi connectivity index (χ0v) is 25.3. The molecule has 11 nitrogen and oxygen atoms in total. The SMILES string of the molecule is Cc1cccc2[nH]c(C(=O)C(C)(C)[C@H](N)C(=O)NC(C(=O)Cc3cc(-c4ncc[nH]4)cc4ccccc34)C(O)C(=O)O)c(C)c12. The van der Waals surface area contributed by atoms with Gasteiger partial charge in [0.05, 0.1) is 17.2 Å². The van der Waals surface area contributed by atoms with Gasteiger partial charge in [-0.2, -0.15) is 0 Å². The number of aliphatic carboxylic acids is 1. The summed E-state index contributed by atoms with van der Waals surface area (Å²) in [5, 5.41) is 25.0. The quantitative estimate of drug-likeness (QED) is 0.122. The number of nitrogens with two attached hydrogens (primary N) is 1. The van der Waals surface area contributed by atoms with Crippen LogP contribution in [0, 0.1) is 19.3 Å². The summed E-state index contributed by atoms with van der Waals surface area (Å²) in [6.45, 7) is 6.76. The minimum atomic E-state index is -2.26. The highest BCUT2D eigenvalue weighted by molar-refractivity contribution is 6.08. The van der Waals surface area contributed by atoms with Crippen molar-refractivity contribution in [2.75, 3.05) is 0 Å². The number of carboxylic acids is 1. The van der Waals surface area contributed by atoms with Crippen molar-refractivity contribution >= 4 is 45.1 Å². The number of aliphatic hydroxyl groups is 1. The zero-order chi connectivity index (χ0) is 32.6. The molecule has 5 rings (SSSR count). The molecule has 0 radical (unpaired) electrons. The van der Waals surface area contributed by atoms with E-state index in [4.69, 9.17) is 5.73 Å². The number of carboxylic acid groups (broad SMARTS) is 1. The van der Waals surface area contributed by atoms with E-state index in [1.165, 1.54) is 13.8 Å².